The van der Waals surface area contributed by atoms with Crippen LogP contribution in [0.2, 0.25) is 0 Å². The van der Waals surface area contributed by atoms with E-state index in [0.717, 1.165) is 19.3 Å². The number of unbranched alkanes of at least 4 members (excludes halogenated alkanes) is 2. The maximum Gasteiger partial charge on any atom is 0.341 e. The highest BCUT2D eigenvalue weighted by Gasteiger charge is 2.33. The molecule has 0 bridgehead atoms. The molecule has 6 heteroatoms. The number of methoxy groups -OCH3 is 1. The third kappa shape index (κ3) is 6.02. The van der Waals surface area contributed by atoms with Crippen LogP contribution in [0.4, 0.5) is 5.69 Å². The Bertz CT molecular complexity index is 602. The largest absolute Gasteiger partial charge is 0.493 e. The fourth-order valence-electron chi connectivity index (χ4n) is 2.70. The normalized spacial score (nSPS) is 13.0. The molecule has 1 N–H and O–H groups in total. The summed E-state index contributed by atoms with van der Waals surface area (Å²) >= 11 is 0. The van der Waals surface area contributed by atoms with E-state index >= 15 is 0 Å². The number of benzene rings is 1. The van der Waals surface area contributed by atoms with Crippen molar-refractivity contribution in [3.63, 3.8) is 0 Å². The van der Waals surface area contributed by atoms with Crippen molar-refractivity contribution in [3.05, 3.63) is 23.8 Å². The Morgan fingerprint density at radius 3 is 2.42 bits per heavy atom. The molecule has 1 rings (SSSR count). The standard InChI is InChI=1S/C20H31NO5/c1-6-9-10-13-20(4,26-8-3)19(23)21-15-11-12-17(25-7-2)16(14-15)18(22)24-5/h11-12,14H,6-10,13H2,1-5H3,(H,21,23). The Hall–Kier alpha value is -2.08. The van der Waals surface area contributed by atoms with Gasteiger partial charge in [0.05, 0.1) is 13.7 Å². The molecule has 0 saturated heterocycles. The zero-order chi connectivity index (χ0) is 19.6. The van der Waals surface area contributed by atoms with Gasteiger partial charge in [-0.05, 0) is 45.4 Å². The van der Waals surface area contributed by atoms with E-state index in [9.17, 15) is 9.59 Å². The van der Waals surface area contributed by atoms with Crippen LogP contribution in [0.3, 0.4) is 0 Å². The summed E-state index contributed by atoms with van der Waals surface area (Å²) in [5.74, 6) is -0.316. The second-order valence-electron chi connectivity index (χ2n) is 6.21. The summed E-state index contributed by atoms with van der Waals surface area (Å²) in [6.45, 7) is 8.50. The molecule has 1 atom stereocenters. The van der Waals surface area contributed by atoms with Crippen molar-refractivity contribution in [2.45, 2.75) is 59.0 Å². The molecule has 0 heterocycles. The molecule has 0 aliphatic heterocycles. The van der Waals surface area contributed by atoms with Crippen molar-refractivity contribution in [2.24, 2.45) is 0 Å². The lowest BCUT2D eigenvalue weighted by molar-refractivity contribution is -0.139. The molecule has 0 spiro atoms. The van der Waals surface area contributed by atoms with Gasteiger partial charge in [-0.1, -0.05) is 26.2 Å². The van der Waals surface area contributed by atoms with Gasteiger partial charge in [0.1, 0.15) is 16.9 Å². The average molecular weight is 365 g/mol. The minimum Gasteiger partial charge on any atom is -0.493 e. The van der Waals surface area contributed by atoms with Crippen LogP contribution in [0.1, 0.15) is 63.7 Å². The van der Waals surface area contributed by atoms with Gasteiger partial charge < -0.3 is 19.5 Å². The summed E-state index contributed by atoms with van der Waals surface area (Å²) in [5, 5.41) is 2.86. The highest BCUT2D eigenvalue weighted by molar-refractivity contribution is 5.99. The third-order valence-electron chi connectivity index (χ3n) is 4.14. The molecule has 0 fully saturated rings. The van der Waals surface area contributed by atoms with E-state index in [1.165, 1.54) is 7.11 Å². The molecule has 0 saturated carbocycles. The number of carbonyl (C=O) groups is 2. The Morgan fingerprint density at radius 1 is 1.12 bits per heavy atom. The van der Waals surface area contributed by atoms with E-state index < -0.39 is 11.6 Å². The predicted octanol–water partition coefficient (Wildman–Crippen LogP) is 4.19. The summed E-state index contributed by atoms with van der Waals surface area (Å²) in [5.41, 5.74) is -0.134. The average Bonchev–Trinajstić information content (AvgIpc) is 2.63. The molecule has 0 aliphatic rings. The fraction of sp³-hybridized carbons (Fsp3) is 0.600. The van der Waals surface area contributed by atoms with Crippen LogP contribution >= 0.6 is 0 Å². The summed E-state index contributed by atoms with van der Waals surface area (Å²) in [6.07, 6.45) is 3.68. The highest BCUT2D eigenvalue weighted by Crippen LogP contribution is 2.26. The number of ether oxygens (including phenoxy) is 3. The first-order valence-corrected chi connectivity index (χ1v) is 9.22. The van der Waals surface area contributed by atoms with Crippen LogP contribution in [-0.4, -0.2) is 37.8 Å². The molecular formula is C20H31NO5. The Kier molecular flexibility index (Phi) is 9.13. The SMILES string of the molecule is CCCCCC(C)(OCC)C(=O)Nc1ccc(OCC)c(C(=O)OC)c1. The van der Waals surface area contributed by atoms with Crippen molar-refractivity contribution < 1.29 is 23.8 Å². The maximum atomic E-state index is 12.8. The second-order valence-corrected chi connectivity index (χ2v) is 6.21. The van der Waals surface area contributed by atoms with Gasteiger partial charge in [-0.15, -0.1) is 0 Å². The highest BCUT2D eigenvalue weighted by atomic mass is 16.5. The Morgan fingerprint density at radius 2 is 1.85 bits per heavy atom. The molecule has 26 heavy (non-hydrogen) atoms. The smallest absolute Gasteiger partial charge is 0.341 e. The van der Waals surface area contributed by atoms with Crippen LogP contribution < -0.4 is 10.1 Å². The minimum atomic E-state index is -0.909. The summed E-state index contributed by atoms with van der Waals surface area (Å²) in [4.78, 5) is 24.8. The van der Waals surface area contributed by atoms with Gasteiger partial charge in [-0.3, -0.25) is 4.79 Å². The molecule has 146 valence electrons. The van der Waals surface area contributed by atoms with Gasteiger partial charge in [0, 0.05) is 12.3 Å². The lowest BCUT2D eigenvalue weighted by Crippen LogP contribution is -2.42. The molecule has 1 aromatic rings. The monoisotopic (exact) mass is 365 g/mol. The van der Waals surface area contributed by atoms with Crippen LogP contribution in [0.5, 0.6) is 5.75 Å². The first kappa shape index (κ1) is 22.0. The van der Waals surface area contributed by atoms with Gasteiger partial charge in [-0.2, -0.15) is 0 Å². The lowest BCUT2D eigenvalue weighted by Gasteiger charge is -2.28. The van der Waals surface area contributed by atoms with Crippen LogP contribution in [0, 0.1) is 0 Å². The van der Waals surface area contributed by atoms with Gasteiger partial charge in [0.15, 0.2) is 0 Å². The Labute approximate surface area is 156 Å². The van der Waals surface area contributed by atoms with E-state index in [4.69, 9.17) is 14.2 Å². The van der Waals surface area contributed by atoms with Crippen LogP contribution in [0.15, 0.2) is 18.2 Å². The van der Waals surface area contributed by atoms with Gasteiger partial charge >= 0.3 is 5.97 Å². The fourth-order valence-corrected chi connectivity index (χ4v) is 2.70. The number of amides is 1. The number of hydrogen-bond acceptors (Lipinski definition) is 5. The number of carbonyl (C=O) groups excluding carboxylic acids is 2. The second kappa shape index (κ2) is 10.8. The maximum absolute atomic E-state index is 12.8. The molecule has 6 nitrogen and oxygen atoms in total. The first-order valence-electron chi connectivity index (χ1n) is 9.22. The van der Waals surface area contributed by atoms with Gasteiger partial charge in [0.25, 0.3) is 5.91 Å². The van der Waals surface area contributed by atoms with E-state index in [1.807, 2.05) is 13.8 Å². The Balaban J connectivity index is 3.00. The lowest BCUT2D eigenvalue weighted by atomic mass is 9.96. The van der Waals surface area contributed by atoms with E-state index in [2.05, 4.69) is 12.2 Å². The minimum absolute atomic E-state index is 0.226. The molecule has 1 amide bonds. The van der Waals surface area contributed by atoms with Gasteiger partial charge in [0.2, 0.25) is 0 Å². The van der Waals surface area contributed by atoms with E-state index in [1.54, 1.807) is 25.1 Å². The summed E-state index contributed by atoms with van der Waals surface area (Å²) in [7, 11) is 1.31. The zero-order valence-electron chi connectivity index (χ0n) is 16.5. The molecule has 1 aromatic carbocycles. The number of hydrogen-bond donors (Lipinski definition) is 1. The quantitative estimate of drug-likeness (QED) is 0.470. The van der Waals surface area contributed by atoms with Crippen molar-refractivity contribution in [1.82, 2.24) is 0 Å². The van der Waals surface area contributed by atoms with Crippen LogP contribution in [-0.2, 0) is 14.3 Å². The number of rotatable bonds is 11. The number of anilines is 1. The third-order valence-corrected chi connectivity index (χ3v) is 4.14. The molecular weight excluding hydrogens is 334 g/mol. The molecule has 1 unspecified atom stereocenters. The van der Waals surface area contributed by atoms with Gasteiger partial charge in [-0.25, -0.2) is 4.79 Å². The molecule has 0 aromatic heterocycles. The predicted molar refractivity (Wildman–Crippen MR) is 102 cm³/mol. The van der Waals surface area contributed by atoms with E-state index in [0.29, 0.717) is 31.1 Å². The molecule has 0 radical (unpaired) electrons. The van der Waals surface area contributed by atoms with Crippen molar-refractivity contribution in [2.75, 3.05) is 25.6 Å². The summed E-state index contributed by atoms with van der Waals surface area (Å²) in [6, 6.07) is 4.92. The molecule has 0 aliphatic carbocycles. The van der Waals surface area contributed by atoms with E-state index in [-0.39, 0.29) is 11.5 Å². The van der Waals surface area contributed by atoms with Crippen molar-refractivity contribution in [1.29, 1.82) is 0 Å². The first-order chi connectivity index (χ1) is 12.4. The van der Waals surface area contributed by atoms with Crippen molar-refractivity contribution >= 4 is 17.6 Å². The summed E-state index contributed by atoms with van der Waals surface area (Å²) < 4.78 is 16.0. The van der Waals surface area contributed by atoms with Crippen molar-refractivity contribution in [3.8, 4) is 5.75 Å². The zero-order valence-corrected chi connectivity index (χ0v) is 16.5. The number of nitrogens with one attached hydrogen (secondary N) is 1. The number of esters is 1. The topological polar surface area (TPSA) is 73.9 Å². The van der Waals surface area contributed by atoms with Crippen LogP contribution in [0.25, 0.3) is 0 Å².